The summed E-state index contributed by atoms with van der Waals surface area (Å²) in [6.07, 6.45) is 1.40. The van der Waals surface area contributed by atoms with E-state index in [1.165, 1.54) is 4.90 Å². The Balaban J connectivity index is 1.90. The minimum absolute atomic E-state index is 0.102. The van der Waals surface area contributed by atoms with Gasteiger partial charge in [0, 0.05) is 13.1 Å². The summed E-state index contributed by atoms with van der Waals surface area (Å²) < 4.78 is 38.0. The number of carbonyl (C=O) groups is 2. The molecule has 10 heteroatoms. The molecule has 3 rings (SSSR count). The highest BCUT2D eigenvalue weighted by molar-refractivity contribution is 7.92. The first kappa shape index (κ1) is 31.5. The molecule has 1 N–H and O–H groups in total. The molecule has 0 fully saturated rings. The highest BCUT2D eigenvalue weighted by Gasteiger charge is 2.31. The molecular formula is C31H39N3O6S. The first-order valence-electron chi connectivity index (χ1n) is 13.5. The standard InChI is InChI=1S/C31H39N3O6S/c1-6-29(31(36)32-20-23(2)3)33(21-24-11-10-14-28(19-24)39-4)30(35)22-34(41(5,37)38)25-15-17-27(18-16-25)40-26-12-8-7-9-13-26/h7-19,23,29H,6,20-22H2,1-5H3,(H,32,36). The number of sulfonamides is 1. The van der Waals surface area contributed by atoms with Gasteiger partial charge in [-0.05, 0) is 66.4 Å². The van der Waals surface area contributed by atoms with Gasteiger partial charge in [0.05, 0.1) is 19.1 Å². The topological polar surface area (TPSA) is 105 Å². The van der Waals surface area contributed by atoms with E-state index in [1.54, 1.807) is 49.6 Å². The van der Waals surface area contributed by atoms with Crippen molar-refractivity contribution in [3.05, 3.63) is 84.4 Å². The second-order valence-electron chi connectivity index (χ2n) is 10.1. The van der Waals surface area contributed by atoms with Gasteiger partial charge in [0.25, 0.3) is 0 Å². The molecule has 0 saturated heterocycles. The Kier molecular flexibility index (Phi) is 11.2. The van der Waals surface area contributed by atoms with Crippen molar-refractivity contribution in [1.29, 1.82) is 0 Å². The molecule has 0 heterocycles. The summed E-state index contributed by atoms with van der Waals surface area (Å²) in [5.74, 6) is 1.22. The molecular weight excluding hydrogens is 542 g/mol. The number of hydrogen-bond donors (Lipinski definition) is 1. The van der Waals surface area contributed by atoms with E-state index >= 15 is 0 Å². The van der Waals surface area contributed by atoms with Gasteiger partial charge in [-0.3, -0.25) is 13.9 Å². The van der Waals surface area contributed by atoms with Crippen LogP contribution in [-0.2, 0) is 26.2 Å². The Hall–Kier alpha value is -4.05. The fourth-order valence-corrected chi connectivity index (χ4v) is 5.08. The zero-order valence-corrected chi connectivity index (χ0v) is 25.1. The number of para-hydroxylation sites is 1. The Bertz CT molecular complexity index is 1390. The van der Waals surface area contributed by atoms with E-state index in [0.29, 0.717) is 35.9 Å². The molecule has 0 radical (unpaired) electrons. The van der Waals surface area contributed by atoms with E-state index in [9.17, 15) is 18.0 Å². The fraction of sp³-hybridized carbons (Fsp3) is 0.355. The van der Waals surface area contributed by atoms with E-state index in [0.717, 1.165) is 16.1 Å². The van der Waals surface area contributed by atoms with Crippen LogP contribution in [0.4, 0.5) is 5.69 Å². The molecule has 0 saturated carbocycles. The molecule has 2 amide bonds. The molecule has 0 spiro atoms. The Morgan fingerprint density at radius 3 is 2.12 bits per heavy atom. The molecule has 0 aliphatic heterocycles. The summed E-state index contributed by atoms with van der Waals surface area (Å²) in [6, 6.07) is 22.1. The van der Waals surface area contributed by atoms with Gasteiger partial charge in [-0.25, -0.2) is 8.42 Å². The van der Waals surface area contributed by atoms with Crippen LogP contribution in [0, 0.1) is 5.92 Å². The zero-order chi connectivity index (χ0) is 30.0. The lowest BCUT2D eigenvalue weighted by atomic mass is 10.1. The van der Waals surface area contributed by atoms with Crippen molar-refractivity contribution in [2.45, 2.75) is 39.8 Å². The van der Waals surface area contributed by atoms with E-state index in [-0.39, 0.29) is 18.4 Å². The van der Waals surface area contributed by atoms with Gasteiger partial charge >= 0.3 is 0 Å². The van der Waals surface area contributed by atoms with Crippen LogP contribution in [0.25, 0.3) is 0 Å². The van der Waals surface area contributed by atoms with Gasteiger partial charge in [-0.1, -0.05) is 51.1 Å². The van der Waals surface area contributed by atoms with Crippen LogP contribution in [0.2, 0.25) is 0 Å². The Labute approximate surface area is 243 Å². The highest BCUT2D eigenvalue weighted by atomic mass is 32.2. The van der Waals surface area contributed by atoms with Crippen molar-refractivity contribution in [2.75, 3.05) is 30.8 Å². The van der Waals surface area contributed by atoms with Crippen LogP contribution in [-0.4, -0.2) is 57.6 Å². The fourth-order valence-electron chi connectivity index (χ4n) is 4.23. The lowest BCUT2D eigenvalue weighted by Crippen LogP contribution is -2.52. The predicted octanol–water partition coefficient (Wildman–Crippen LogP) is 4.83. The van der Waals surface area contributed by atoms with Crippen molar-refractivity contribution < 1.29 is 27.5 Å². The van der Waals surface area contributed by atoms with Gasteiger partial charge in [0.2, 0.25) is 21.8 Å². The molecule has 0 bridgehead atoms. The quantitative estimate of drug-likeness (QED) is 0.292. The van der Waals surface area contributed by atoms with Gasteiger partial charge in [0.15, 0.2) is 0 Å². The molecule has 1 atom stereocenters. The molecule has 3 aromatic carbocycles. The molecule has 0 aromatic heterocycles. The maximum absolute atomic E-state index is 13.9. The number of anilines is 1. The van der Waals surface area contributed by atoms with E-state index in [1.807, 2.05) is 57.2 Å². The van der Waals surface area contributed by atoms with Crippen molar-refractivity contribution in [2.24, 2.45) is 5.92 Å². The molecule has 41 heavy (non-hydrogen) atoms. The van der Waals surface area contributed by atoms with Gasteiger partial charge < -0.3 is 19.7 Å². The minimum atomic E-state index is -3.85. The number of carbonyl (C=O) groups excluding carboxylic acids is 2. The smallest absolute Gasteiger partial charge is 0.244 e. The normalized spacial score (nSPS) is 12.0. The Morgan fingerprint density at radius 1 is 0.902 bits per heavy atom. The SMILES string of the molecule is CCC(C(=O)NCC(C)C)N(Cc1cccc(OC)c1)C(=O)CN(c1ccc(Oc2ccccc2)cc1)S(C)(=O)=O. The summed E-state index contributed by atoms with van der Waals surface area (Å²) in [6.45, 7) is 5.89. The third-order valence-electron chi connectivity index (χ3n) is 6.34. The van der Waals surface area contributed by atoms with Crippen LogP contribution in [0.1, 0.15) is 32.8 Å². The average molecular weight is 582 g/mol. The van der Waals surface area contributed by atoms with Crippen LogP contribution in [0.3, 0.4) is 0 Å². The largest absolute Gasteiger partial charge is 0.497 e. The van der Waals surface area contributed by atoms with Gasteiger partial charge in [0.1, 0.15) is 29.8 Å². The minimum Gasteiger partial charge on any atom is -0.497 e. The maximum Gasteiger partial charge on any atom is 0.244 e. The van der Waals surface area contributed by atoms with Crippen LogP contribution in [0.5, 0.6) is 17.2 Å². The maximum atomic E-state index is 13.9. The summed E-state index contributed by atoms with van der Waals surface area (Å²) in [4.78, 5) is 28.5. The number of ether oxygens (including phenoxy) is 2. The number of hydrogen-bond acceptors (Lipinski definition) is 6. The van der Waals surface area contributed by atoms with Crippen LogP contribution >= 0.6 is 0 Å². The lowest BCUT2D eigenvalue weighted by Gasteiger charge is -2.33. The molecule has 0 aliphatic carbocycles. The van der Waals surface area contributed by atoms with Gasteiger partial charge in [-0.2, -0.15) is 0 Å². The summed E-state index contributed by atoms with van der Waals surface area (Å²) in [7, 11) is -2.30. The van der Waals surface area contributed by atoms with Crippen LogP contribution < -0.4 is 19.1 Å². The third-order valence-corrected chi connectivity index (χ3v) is 7.48. The molecule has 220 valence electrons. The van der Waals surface area contributed by atoms with E-state index in [2.05, 4.69) is 5.32 Å². The highest BCUT2D eigenvalue weighted by Crippen LogP contribution is 2.26. The monoisotopic (exact) mass is 581 g/mol. The molecule has 0 aliphatic rings. The number of methoxy groups -OCH3 is 1. The van der Waals surface area contributed by atoms with Crippen molar-refractivity contribution in [3.63, 3.8) is 0 Å². The summed E-state index contributed by atoms with van der Waals surface area (Å²) >= 11 is 0. The number of amides is 2. The van der Waals surface area contributed by atoms with Crippen molar-refractivity contribution >= 4 is 27.5 Å². The summed E-state index contributed by atoms with van der Waals surface area (Å²) in [5.41, 5.74) is 1.06. The van der Waals surface area contributed by atoms with E-state index < -0.39 is 28.5 Å². The first-order valence-corrected chi connectivity index (χ1v) is 15.4. The molecule has 3 aromatic rings. The first-order chi connectivity index (χ1) is 19.5. The van der Waals surface area contributed by atoms with Crippen molar-refractivity contribution in [3.8, 4) is 17.2 Å². The zero-order valence-electron chi connectivity index (χ0n) is 24.2. The molecule has 1 unspecified atom stereocenters. The number of rotatable bonds is 14. The van der Waals surface area contributed by atoms with Crippen LogP contribution in [0.15, 0.2) is 78.9 Å². The predicted molar refractivity (Wildman–Crippen MR) is 161 cm³/mol. The second kappa shape index (κ2) is 14.5. The Morgan fingerprint density at radius 2 is 1.54 bits per heavy atom. The summed E-state index contributed by atoms with van der Waals surface area (Å²) in [5, 5.41) is 2.91. The number of benzene rings is 3. The van der Waals surface area contributed by atoms with Crippen molar-refractivity contribution in [1.82, 2.24) is 10.2 Å². The third kappa shape index (κ3) is 9.24. The second-order valence-corrected chi connectivity index (χ2v) is 12.0. The number of nitrogens with one attached hydrogen (secondary N) is 1. The molecule has 9 nitrogen and oxygen atoms in total. The van der Waals surface area contributed by atoms with Gasteiger partial charge in [-0.15, -0.1) is 0 Å². The average Bonchev–Trinajstić information content (AvgIpc) is 2.95. The lowest BCUT2D eigenvalue weighted by molar-refractivity contribution is -0.140. The number of nitrogens with zero attached hydrogens (tertiary/aromatic N) is 2. The van der Waals surface area contributed by atoms with E-state index in [4.69, 9.17) is 9.47 Å².